The average Bonchev–Trinajstić information content (AvgIpc) is 2.98. The molecule has 1 fully saturated rings. The molecular formula is C24H37N4O7+. The topological polar surface area (TPSA) is 129 Å². The summed E-state index contributed by atoms with van der Waals surface area (Å²) in [6.45, 7) is 11.3. The first-order chi connectivity index (χ1) is 16.1. The predicted octanol–water partition coefficient (Wildman–Crippen LogP) is 1.43. The van der Waals surface area contributed by atoms with Crippen molar-refractivity contribution >= 4 is 23.0 Å². The fourth-order valence-corrected chi connectivity index (χ4v) is 3.78. The molecule has 0 radical (unpaired) electrons. The monoisotopic (exact) mass is 493 g/mol. The van der Waals surface area contributed by atoms with Crippen LogP contribution in [0.4, 0.5) is 4.79 Å². The van der Waals surface area contributed by atoms with Crippen molar-refractivity contribution in [3.05, 3.63) is 24.4 Å². The Kier molecular flexibility index (Phi) is 7.35. The van der Waals surface area contributed by atoms with Crippen LogP contribution in [0, 0.1) is 0 Å². The number of aromatic nitrogens is 2. The molecule has 1 aromatic heterocycles. The molecule has 1 aliphatic rings. The lowest BCUT2D eigenvalue weighted by Crippen LogP contribution is -2.69. The number of amides is 1. The molecule has 1 aromatic carbocycles. The summed E-state index contributed by atoms with van der Waals surface area (Å²) in [5.41, 5.74) is -1.39. The second kappa shape index (κ2) is 9.63. The lowest BCUT2D eigenvalue weighted by molar-refractivity contribution is -0.783. The van der Waals surface area contributed by atoms with Gasteiger partial charge in [-0.25, -0.2) is 15.5 Å². The van der Waals surface area contributed by atoms with Crippen molar-refractivity contribution in [3.63, 3.8) is 0 Å². The summed E-state index contributed by atoms with van der Waals surface area (Å²) in [7, 11) is 1.89. The van der Waals surface area contributed by atoms with Gasteiger partial charge in [0, 0.05) is 0 Å². The number of fused-ring (bicyclic) bond motifs is 1. The number of benzene rings is 1. The van der Waals surface area contributed by atoms with Gasteiger partial charge in [-0.1, -0.05) is 0 Å². The van der Waals surface area contributed by atoms with Gasteiger partial charge in [-0.3, -0.25) is 4.84 Å². The van der Waals surface area contributed by atoms with Crippen molar-refractivity contribution in [2.45, 2.75) is 71.0 Å². The van der Waals surface area contributed by atoms with E-state index in [2.05, 4.69) is 0 Å². The van der Waals surface area contributed by atoms with Crippen LogP contribution in [0.1, 0.15) is 41.5 Å². The maximum Gasteiger partial charge on any atom is 0.410 e. The molecule has 0 saturated carbocycles. The van der Waals surface area contributed by atoms with Crippen LogP contribution in [0.3, 0.4) is 0 Å². The van der Waals surface area contributed by atoms with E-state index in [1.165, 1.54) is 4.90 Å². The molecule has 35 heavy (non-hydrogen) atoms. The summed E-state index contributed by atoms with van der Waals surface area (Å²) in [5, 5.41) is 11.8. The Morgan fingerprint density at radius 3 is 2.34 bits per heavy atom. The molecule has 2 aromatic rings. The van der Waals surface area contributed by atoms with Crippen LogP contribution in [-0.2, 0) is 32.7 Å². The quantitative estimate of drug-likeness (QED) is 0.337. The predicted molar refractivity (Wildman–Crippen MR) is 126 cm³/mol. The summed E-state index contributed by atoms with van der Waals surface area (Å²) in [4.78, 5) is 30.6. The van der Waals surface area contributed by atoms with Gasteiger partial charge in [-0.15, -0.1) is 4.68 Å². The van der Waals surface area contributed by atoms with Gasteiger partial charge in [0.2, 0.25) is 18.8 Å². The van der Waals surface area contributed by atoms with Gasteiger partial charge >= 0.3 is 12.1 Å². The molecule has 3 rings (SSSR count). The number of ether oxygens (including phenoxy) is 3. The normalized spacial score (nSPS) is 16.5. The minimum atomic E-state index is -1.06. The highest BCUT2D eigenvalue weighted by atomic mass is 16.7. The third-order valence-corrected chi connectivity index (χ3v) is 5.33. The zero-order valence-corrected chi connectivity index (χ0v) is 21.5. The lowest BCUT2D eigenvalue weighted by Gasteiger charge is -2.44. The fraction of sp³-hybridized carbons (Fsp3) is 0.625. The van der Waals surface area contributed by atoms with Crippen LogP contribution in [0.2, 0.25) is 0 Å². The van der Waals surface area contributed by atoms with Gasteiger partial charge in [-0.2, -0.15) is 4.68 Å². The van der Waals surface area contributed by atoms with Crippen LogP contribution in [0.5, 0.6) is 5.75 Å². The molecule has 2 heterocycles. The Morgan fingerprint density at radius 2 is 1.77 bits per heavy atom. The van der Waals surface area contributed by atoms with Gasteiger partial charge < -0.3 is 24.2 Å². The van der Waals surface area contributed by atoms with Crippen molar-refractivity contribution in [1.82, 2.24) is 9.58 Å². The summed E-state index contributed by atoms with van der Waals surface area (Å²) < 4.78 is 20.2. The number of carbonyl (C=O) groups is 2. The van der Waals surface area contributed by atoms with Gasteiger partial charge in [0.15, 0.2) is 5.60 Å². The fourth-order valence-electron chi connectivity index (χ4n) is 3.78. The van der Waals surface area contributed by atoms with Gasteiger partial charge in [0.1, 0.15) is 29.1 Å². The highest BCUT2D eigenvalue weighted by molar-refractivity contribution is 5.79. The number of nitrogens with two attached hydrogens (primary N) is 1. The Morgan fingerprint density at radius 1 is 1.14 bits per heavy atom. The molecule has 1 amide bonds. The Balaban J connectivity index is 1.64. The van der Waals surface area contributed by atoms with Crippen molar-refractivity contribution in [2.75, 3.05) is 19.7 Å². The Labute approximate surface area is 205 Å². The summed E-state index contributed by atoms with van der Waals surface area (Å²) >= 11 is 0. The van der Waals surface area contributed by atoms with E-state index in [4.69, 9.17) is 24.9 Å². The minimum Gasteiger partial charge on any atom is -0.490 e. The standard InChI is InChI=1S/C24H37N4O7/c1-22(2,3)33-20(29)19(35-25)12-32-17-8-9-18-16(10-17)11-28(26(18)7)15-24(31)13-27(14-24)21(30)34-23(4,5)6/h8-11,19,31H,12-15,25H2,1-7H3/q+1/t19-/m0/s1. The van der Waals surface area contributed by atoms with E-state index in [0.717, 1.165) is 10.9 Å². The molecule has 1 saturated heterocycles. The second-order valence-corrected chi connectivity index (χ2v) is 11.0. The van der Waals surface area contributed by atoms with Crippen LogP contribution < -0.4 is 15.3 Å². The molecule has 1 aliphatic heterocycles. The van der Waals surface area contributed by atoms with Crippen LogP contribution in [0.25, 0.3) is 10.9 Å². The van der Waals surface area contributed by atoms with Crippen molar-refractivity contribution in [3.8, 4) is 5.75 Å². The molecule has 0 bridgehead atoms. The summed E-state index contributed by atoms with van der Waals surface area (Å²) in [6, 6.07) is 5.48. The summed E-state index contributed by atoms with van der Waals surface area (Å²) in [5.74, 6) is 5.19. The van der Waals surface area contributed by atoms with E-state index in [-0.39, 0.29) is 19.7 Å². The number of aryl methyl sites for hydroxylation is 1. The third kappa shape index (κ3) is 6.83. The number of hydrogen-bond acceptors (Lipinski definition) is 8. The smallest absolute Gasteiger partial charge is 0.410 e. The molecule has 0 spiro atoms. The van der Waals surface area contributed by atoms with E-state index >= 15 is 0 Å². The highest BCUT2D eigenvalue weighted by Gasteiger charge is 2.49. The van der Waals surface area contributed by atoms with Crippen molar-refractivity contribution in [1.29, 1.82) is 0 Å². The van der Waals surface area contributed by atoms with E-state index < -0.39 is 35.0 Å². The van der Waals surface area contributed by atoms with Gasteiger partial charge in [0.25, 0.3) is 0 Å². The SMILES string of the molecule is Cn1c2ccc(OC[C@H](ON)C(=O)OC(C)(C)C)cc2c[n+]1CC1(O)CN(C(=O)OC(C)(C)C)C1. The molecule has 11 nitrogen and oxygen atoms in total. The largest absolute Gasteiger partial charge is 0.490 e. The molecule has 3 N–H and O–H groups in total. The first-order valence-corrected chi connectivity index (χ1v) is 11.5. The maximum atomic E-state index is 12.2. The first-order valence-electron chi connectivity index (χ1n) is 11.5. The summed E-state index contributed by atoms with van der Waals surface area (Å²) in [6.07, 6.45) is 0.393. The third-order valence-electron chi connectivity index (χ3n) is 5.33. The molecular weight excluding hydrogens is 456 g/mol. The molecule has 11 heteroatoms. The molecule has 1 atom stereocenters. The average molecular weight is 494 g/mol. The number of aliphatic hydroxyl groups is 1. The van der Waals surface area contributed by atoms with E-state index in [9.17, 15) is 14.7 Å². The first kappa shape index (κ1) is 26.7. The van der Waals surface area contributed by atoms with E-state index in [0.29, 0.717) is 12.3 Å². The minimum absolute atomic E-state index is 0.107. The second-order valence-electron chi connectivity index (χ2n) is 11.0. The van der Waals surface area contributed by atoms with Crippen LogP contribution in [0.15, 0.2) is 24.4 Å². The van der Waals surface area contributed by atoms with Crippen molar-refractivity contribution in [2.24, 2.45) is 12.9 Å². The number of β-amino-alcohol motifs (C(OH)–C–C–N with tert-alkyl or cyclic N) is 1. The highest BCUT2D eigenvalue weighted by Crippen LogP contribution is 2.25. The van der Waals surface area contributed by atoms with Gasteiger partial charge in [-0.05, 0) is 59.7 Å². The van der Waals surface area contributed by atoms with Gasteiger partial charge in [0.05, 0.1) is 25.5 Å². The number of nitrogens with zero attached hydrogens (tertiary/aromatic N) is 3. The Hall–Kier alpha value is -2.89. The number of likely N-dealkylation sites (tertiary alicyclic amines) is 1. The zero-order valence-electron chi connectivity index (χ0n) is 21.5. The lowest BCUT2D eigenvalue weighted by atomic mass is 9.95. The van der Waals surface area contributed by atoms with E-state index in [1.807, 2.05) is 34.7 Å². The van der Waals surface area contributed by atoms with E-state index in [1.54, 1.807) is 47.6 Å². The van der Waals surface area contributed by atoms with Crippen molar-refractivity contribution < 1.29 is 38.4 Å². The zero-order chi connectivity index (χ0) is 26.2. The molecule has 0 unspecified atom stereocenters. The number of carbonyl (C=O) groups excluding carboxylic acids is 2. The molecule has 194 valence electrons. The number of esters is 1. The Bertz CT molecular complexity index is 1080. The number of hydrogen-bond donors (Lipinski definition) is 2. The molecule has 0 aliphatic carbocycles. The maximum absolute atomic E-state index is 12.2. The number of rotatable bonds is 7. The van der Waals surface area contributed by atoms with Crippen LogP contribution in [-0.4, -0.2) is 69.4 Å². The van der Waals surface area contributed by atoms with Crippen LogP contribution >= 0.6 is 0 Å².